The number of hydrogen-bond donors (Lipinski definition) is 0. The highest BCUT2D eigenvalue weighted by atomic mass is 32.1. The maximum atomic E-state index is 12.5. The summed E-state index contributed by atoms with van der Waals surface area (Å²) in [5.41, 5.74) is 0.0979. The van der Waals surface area contributed by atoms with Crippen molar-refractivity contribution in [3.05, 3.63) is 16.1 Å². The Balaban J connectivity index is 2.01. The first kappa shape index (κ1) is 16.3. The molecule has 7 heteroatoms. The predicted octanol–water partition coefficient (Wildman–Crippen LogP) is 4.06. The summed E-state index contributed by atoms with van der Waals surface area (Å²) in [6.07, 6.45) is -2.72. The summed E-state index contributed by atoms with van der Waals surface area (Å²) in [6.45, 7) is 7.68. The van der Waals surface area contributed by atoms with Gasteiger partial charge in [-0.2, -0.15) is 13.2 Å². The van der Waals surface area contributed by atoms with Crippen LogP contribution in [0.15, 0.2) is 5.38 Å². The molecule has 0 atom stereocenters. The van der Waals surface area contributed by atoms with E-state index in [-0.39, 0.29) is 11.1 Å². The van der Waals surface area contributed by atoms with E-state index in [4.69, 9.17) is 0 Å². The topological polar surface area (TPSA) is 33.2 Å². The molecule has 0 spiro atoms. The van der Waals surface area contributed by atoms with E-state index in [2.05, 4.69) is 25.8 Å². The molecule has 1 aromatic heterocycles. The Morgan fingerprint density at radius 3 is 2.29 bits per heavy atom. The SMILES string of the molecule is CC(C)(C)C1CCN(C(=O)c2csc(C(F)(F)F)n2)CC1. The second-order valence-corrected chi connectivity index (χ2v) is 7.33. The van der Waals surface area contributed by atoms with Gasteiger partial charge < -0.3 is 4.90 Å². The molecule has 0 N–H and O–H groups in total. The number of carbonyl (C=O) groups excluding carboxylic acids is 1. The number of rotatable bonds is 1. The van der Waals surface area contributed by atoms with Gasteiger partial charge in [-0.05, 0) is 24.2 Å². The number of nitrogens with zero attached hydrogens (tertiary/aromatic N) is 2. The fraction of sp³-hybridized carbons (Fsp3) is 0.714. The summed E-state index contributed by atoms with van der Waals surface area (Å²) in [6, 6.07) is 0. The molecule has 1 aliphatic rings. The van der Waals surface area contributed by atoms with Gasteiger partial charge in [0.15, 0.2) is 5.01 Å². The molecular weight excluding hydrogens is 301 g/mol. The summed E-state index contributed by atoms with van der Waals surface area (Å²) < 4.78 is 37.5. The number of aromatic nitrogens is 1. The Labute approximate surface area is 126 Å². The van der Waals surface area contributed by atoms with Crippen LogP contribution in [0.1, 0.15) is 49.1 Å². The highest BCUT2D eigenvalue weighted by Crippen LogP contribution is 2.35. The maximum Gasteiger partial charge on any atom is 0.443 e. The zero-order valence-electron chi connectivity index (χ0n) is 12.3. The molecule has 1 aromatic rings. The van der Waals surface area contributed by atoms with Crippen LogP contribution < -0.4 is 0 Å². The Kier molecular flexibility index (Phi) is 4.33. The van der Waals surface area contributed by atoms with Crippen LogP contribution in [0.4, 0.5) is 13.2 Å². The van der Waals surface area contributed by atoms with Crippen molar-refractivity contribution in [1.29, 1.82) is 0 Å². The van der Waals surface area contributed by atoms with Gasteiger partial charge in [0.1, 0.15) is 5.69 Å². The molecule has 0 aliphatic carbocycles. The van der Waals surface area contributed by atoms with E-state index in [0.717, 1.165) is 12.8 Å². The smallest absolute Gasteiger partial charge is 0.337 e. The predicted molar refractivity (Wildman–Crippen MR) is 75.2 cm³/mol. The zero-order valence-corrected chi connectivity index (χ0v) is 13.1. The first-order valence-electron chi connectivity index (χ1n) is 6.91. The normalized spacial score (nSPS) is 18.1. The van der Waals surface area contributed by atoms with Crippen molar-refractivity contribution in [3.63, 3.8) is 0 Å². The second kappa shape index (κ2) is 5.59. The molecule has 1 amide bonds. The van der Waals surface area contributed by atoms with Crippen LogP contribution in [0, 0.1) is 11.3 Å². The van der Waals surface area contributed by atoms with Crippen molar-refractivity contribution in [2.24, 2.45) is 11.3 Å². The van der Waals surface area contributed by atoms with E-state index in [1.165, 1.54) is 5.38 Å². The number of piperidine rings is 1. The molecule has 3 nitrogen and oxygen atoms in total. The zero-order chi connectivity index (χ0) is 15.8. The summed E-state index contributed by atoms with van der Waals surface area (Å²) in [5.74, 6) is 0.136. The molecule has 0 radical (unpaired) electrons. The molecule has 0 saturated carbocycles. The number of amides is 1. The van der Waals surface area contributed by atoms with Crippen molar-refractivity contribution in [2.45, 2.75) is 39.8 Å². The summed E-state index contributed by atoms with van der Waals surface area (Å²) >= 11 is 0.470. The molecule has 2 rings (SSSR count). The minimum atomic E-state index is -4.48. The Morgan fingerprint density at radius 2 is 1.86 bits per heavy atom. The molecule has 0 aromatic carbocycles. The Morgan fingerprint density at radius 1 is 1.29 bits per heavy atom. The quantitative estimate of drug-likeness (QED) is 0.782. The molecule has 2 heterocycles. The fourth-order valence-corrected chi connectivity index (χ4v) is 3.27. The van der Waals surface area contributed by atoms with Crippen LogP contribution in [0.25, 0.3) is 0 Å². The van der Waals surface area contributed by atoms with Crippen LogP contribution in [0.3, 0.4) is 0 Å². The van der Waals surface area contributed by atoms with E-state index in [1.54, 1.807) is 4.90 Å². The molecule has 0 bridgehead atoms. The number of hydrogen-bond acceptors (Lipinski definition) is 3. The van der Waals surface area contributed by atoms with Crippen LogP contribution in [0.2, 0.25) is 0 Å². The van der Waals surface area contributed by atoms with Gasteiger partial charge in [-0.15, -0.1) is 11.3 Å². The third-order valence-corrected chi connectivity index (χ3v) is 4.86. The third-order valence-electron chi connectivity index (χ3n) is 3.97. The molecule has 1 saturated heterocycles. The standard InChI is InChI=1S/C14H19F3N2OS/c1-13(2,3)9-4-6-19(7-5-9)11(20)10-8-21-12(18-10)14(15,16)17/h8-9H,4-7H2,1-3H3. The average Bonchev–Trinajstić information content (AvgIpc) is 2.86. The Bertz CT molecular complexity index is 511. The Hall–Kier alpha value is -1.11. The van der Waals surface area contributed by atoms with E-state index in [0.29, 0.717) is 30.3 Å². The van der Waals surface area contributed by atoms with Gasteiger partial charge in [0, 0.05) is 18.5 Å². The van der Waals surface area contributed by atoms with Gasteiger partial charge in [0.2, 0.25) is 0 Å². The van der Waals surface area contributed by atoms with Gasteiger partial charge in [-0.25, -0.2) is 4.98 Å². The summed E-state index contributed by atoms with van der Waals surface area (Å²) in [7, 11) is 0. The van der Waals surface area contributed by atoms with Crippen molar-refractivity contribution in [1.82, 2.24) is 9.88 Å². The lowest BCUT2D eigenvalue weighted by atomic mass is 9.75. The maximum absolute atomic E-state index is 12.5. The van der Waals surface area contributed by atoms with E-state index < -0.39 is 17.1 Å². The van der Waals surface area contributed by atoms with E-state index >= 15 is 0 Å². The van der Waals surface area contributed by atoms with Gasteiger partial charge in [0.05, 0.1) is 0 Å². The fourth-order valence-electron chi connectivity index (χ4n) is 2.61. The number of alkyl halides is 3. The van der Waals surface area contributed by atoms with Crippen LogP contribution in [-0.2, 0) is 6.18 Å². The lowest BCUT2D eigenvalue weighted by Crippen LogP contribution is -2.41. The lowest BCUT2D eigenvalue weighted by molar-refractivity contribution is -0.137. The largest absolute Gasteiger partial charge is 0.443 e. The van der Waals surface area contributed by atoms with Crippen molar-refractivity contribution >= 4 is 17.2 Å². The van der Waals surface area contributed by atoms with Crippen molar-refractivity contribution in [3.8, 4) is 0 Å². The minimum Gasteiger partial charge on any atom is -0.337 e. The second-order valence-electron chi connectivity index (χ2n) is 6.47. The van der Waals surface area contributed by atoms with Crippen molar-refractivity contribution in [2.75, 3.05) is 13.1 Å². The number of carbonyl (C=O) groups is 1. The first-order valence-corrected chi connectivity index (χ1v) is 7.79. The van der Waals surface area contributed by atoms with Gasteiger partial charge in [-0.3, -0.25) is 4.79 Å². The molecule has 118 valence electrons. The van der Waals surface area contributed by atoms with E-state index in [9.17, 15) is 18.0 Å². The highest BCUT2D eigenvalue weighted by Gasteiger charge is 2.36. The molecule has 1 fully saturated rings. The monoisotopic (exact) mass is 320 g/mol. The average molecular weight is 320 g/mol. The molecular formula is C14H19F3N2OS. The van der Waals surface area contributed by atoms with E-state index in [1.807, 2.05) is 0 Å². The van der Waals surface area contributed by atoms with Crippen LogP contribution in [0.5, 0.6) is 0 Å². The number of thiazole rings is 1. The number of likely N-dealkylation sites (tertiary alicyclic amines) is 1. The highest BCUT2D eigenvalue weighted by molar-refractivity contribution is 7.09. The van der Waals surface area contributed by atoms with Crippen molar-refractivity contribution < 1.29 is 18.0 Å². The summed E-state index contributed by atoms with van der Waals surface area (Å²) in [5, 5.41) is 0.233. The lowest BCUT2D eigenvalue weighted by Gasteiger charge is -2.38. The van der Waals surface area contributed by atoms with Crippen LogP contribution >= 0.6 is 11.3 Å². The van der Waals surface area contributed by atoms with Gasteiger partial charge in [-0.1, -0.05) is 20.8 Å². The first-order chi connectivity index (χ1) is 9.59. The molecule has 1 aliphatic heterocycles. The van der Waals surface area contributed by atoms with Gasteiger partial charge >= 0.3 is 6.18 Å². The molecule has 21 heavy (non-hydrogen) atoms. The molecule has 0 unspecified atom stereocenters. The summed E-state index contributed by atoms with van der Waals surface area (Å²) in [4.78, 5) is 17.2. The van der Waals surface area contributed by atoms with Gasteiger partial charge in [0.25, 0.3) is 5.91 Å². The third kappa shape index (κ3) is 3.75. The number of halogens is 3. The van der Waals surface area contributed by atoms with Crippen LogP contribution in [-0.4, -0.2) is 28.9 Å². The minimum absolute atomic E-state index is 0.0958.